The molecule has 0 bridgehead atoms. The van der Waals surface area contributed by atoms with E-state index in [0.29, 0.717) is 53.2 Å². The molecule has 0 saturated heterocycles. The highest BCUT2D eigenvalue weighted by atomic mass is 32.2. The SMILES string of the molecule is CCN(CC)c1ccc2c(-c3ccccc3S(=O)(=O)O)c3ccc(=[N+](CCC[Si](OC)(OC)OC)CCC[Si](OC)(OC)OC)cc-3oc2c1. The van der Waals surface area contributed by atoms with Gasteiger partial charge in [0.05, 0.1) is 6.07 Å². The van der Waals surface area contributed by atoms with Crippen LogP contribution in [0.15, 0.2) is 70.0 Å². The average Bonchev–Trinajstić information content (AvgIpc) is 3.13. The maximum Gasteiger partial charge on any atom is 0.500 e. The average molecular weight is 748 g/mol. The van der Waals surface area contributed by atoms with Crippen LogP contribution in [0, 0.1) is 0 Å². The van der Waals surface area contributed by atoms with E-state index >= 15 is 0 Å². The summed E-state index contributed by atoms with van der Waals surface area (Å²) in [6.07, 6.45) is 1.46. The van der Waals surface area contributed by atoms with Crippen molar-refractivity contribution in [3.63, 3.8) is 0 Å². The van der Waals surface area contributed by atoms with E-state index in [4.69, 9.17) is 31.0 Å². The molecule has 0 fully saturated rings. The van der Waals surface area contributed by atoms with Crippen LogP contribution in [0.25, 0.3) is 33.4 Å². The lowest BCUT2D eigenvalue weighted by Gasteiger charge is -2.24. The Kier molecular flexibility index (Phi) is 13.9. The second-order valence-electron chi connectivity index (χ2n) is 11.8. The van der Waals surface area contributed by atoms with Crippen LogP contribution in [0.2, 0.25) is 12.1 Å². The van der Waals surface area contributed by atoms with Crippen molar-refractivity contribution >= 4 is 44.4 Å². The summed E-state index contributed by atoms with van der Waals surface area (Å²) in [6.45, 7) is 7.14. The maximum atomic E-state index is 12.6. The van der Waals surface area contributed by atoms with Gasteiger partial charge in [0.25, 0.3) is 10.1 Å². The first-order valence-electron chi connectivity index (χ1n) is 16.7. The second-order valence-corrected chi connectivity index (χ2v) is 19.3. The van der Waals surface area contributed by atoms with Crippen LogP contribution in [0.5, 0.6) is 0 Å². The summed E-state index contributed by atoms with van der Waals surface area (Å²) in [4.78, 5) is 2.05. The molecule has 0 atom stereocenters. The van der Waals surface area contributed by atoms with Crippen molar-refractivity contribution in [2.75, 3.05) is 73.7 Å². The summed E-state index contributed by atoms with van der Waals surface area (Å²) in [7, 11) is -0.457. The van der Waals surface area contributed by atoms with Gasteiger partial charge in [0.2, 0.25) is 5.36 Å². The molecule has 4 rings (SSSR count). The van der Waals surface area contributed by atoms with Gasteiger partial charge in [0.1, 0.15) is 29.3 Å². The number of anilines is 1. The van der Waals surface area contributed by atoms with Gasteiger partial charge < -0.3 is 35.9 Å². The minimum atomic E-state index is -4.53. The van der Waals surface area contributed by atoms with E-state index in [9.17, 15) is 13.0 Å². The third-order valence-corrected chi connectivity index (χ3v) is 15.9. The summed E-state index contributed by atoms with van der Waals surface area (Å²) in [6, 6.07) is 19.6. The third-order valence-electron chi connectivity index (χ3n) is 9.31. The molecule has 0 aromatic heterocycles. The molecule has 1 aliphatic heterocycles. The van der Waals surface area contributed by atoms with Crippen LogP contribution in [0.3, 0.4) is 0 Å². The molecule has 50 heavy (non-hydrogen) atoms. The van der Waals surface area contributed by atoms with Gasteiger partial charge in [0.15, 0.2) is 0 Å². The van der Waals surface area contributed by atoms with Crippen LogP contribution in [0.1, 0.15) is 26.7 Å². The normalized spacial score (nSPS) is 12.6. The van der Waals surface area contributed by atoms with Crippen LogP contribution < -0.4 is 14.8 Å². The molecule has 1 aliphatic carbocycles. The van der Waals surface area contributed by atoms with Gasteiger partial charge in [-0.05, 0) is 38.1 Å². The van der Waals surface area contributed by atoms with Crippen molar-refractivity contribution in [2.24, 2.45) is 0 Å². The molecule has 2 aromatic rings. The highest BCUT2D eigenvalue weighted by Crippen LogP contribution is 2.42. The van der Waals surface area contributed by atoms with Crippen LogP contribution in [-0.2, 0) is 36.7 Å². The predicted octanol–water partition coefficient (Wildman–Crippen LogP) is 5.61. The molecule has 12 nitrogen and oxygen atoms in total. The van der Waals surface area contributed by atoms with Gasteiger partial charge in [-0.25, -0.2) is 4.58 Å². The second kappa shape index (κ2) is 17.5. The lowest BCUT2D eigenvalue weighted by atomic mass is 9.93. The monoisotopic (exact) mass is 747 g/mol. The highest BCUT2D eigenvalue weighted by molar-refractivity contribution is 7.86. The lowest BCUT2D eigenvalue weighted by Crippen LogP contribution is -2.44. The molecule has 0 amide bonds. The first kappa shape index (κ1) is 39.8. The number of benzene rings is 3. The van der Waals surface area contributed by atoms with E-state index in [0.717, 1.165) is 42.4 Å². The van der Waals surface area contributed by atoms with E-state index in [1.165, 1.54) is 6.07 Å². The molecule has 0 radical (unpaired) electrons. The molecule has 1 N–H and O–H groups in total. The molecular formula is C35H51N2O10SSi2+. The first-order valence-corrected chi connectivity index (χ1v) is 22.0. The van der Waals surface area contributed by atoms with E-state index in [2.05, 4.69) is 23.3 Å². The zero-order valence-electron chi connectivity index (χ0n) is 30.4. The van der Waals surface area contributed by atoms with E-state index < -0.39 is 27.7 Å². The van der Waals surface area contributed by atoms with Crippen molar-refractivity contribution in [1.29, 1.82) is 0 Å². The minimum absolute atomic E-state index is 0.170. The van der Waals surface area contributed by atoms with Crippen molar-refractivity contribution in [1.82, 2.24) is 4.58 Å². The molecular weight excluding hydrogens is 697 g/mol. The number of nitrogens with zero attached hydrogens (tertiary/aromatic N) is 2. The fraction of sp³-hybridized carbons (Fsp3) is 0.457. The highest BCUT2D eigenvalue weighted by Gasteiger charge is 2.39. The molecule has 15 heteroatoms. The minimum Gasteiger partial charge on any atom is -0.456 e. The summed E-state index contributed by atoms with van der Waals surface area (Å²) in [5.41, 5.74) is 3.34. The van der Waals surface area contributed by atoms with E-state index in [-0.39, 0.29) is 4.90 Å². The molecule has 0 saturated carbocycles. The Morgan fingerprint density at radius 1 is 0.740 bits per heavy atom. The number of fused-ring (bicyclic) bond motifs is 2. The van der Waals surface area contributed by atoms with Gasteiger partial charge in [-0.2, -0.15) is 8.42 Å². The Labute approximate surface area is 298 Å². The van der Waals surface area contributed by atoms with Gasteiger partial charge in [-0.3, -0.25) is 4.55 Å². The summed E-state index contributed by atoms with van der Waals surface area (Å²) in [5, 5.41) is 1.64. The Hall–Kier alpha value is -2.97. The molecule has 274 valence electrons. The molecule has 0 unspecified atom stereocenters. The third kappa shape index (κ3) is 8.73. The topological polar surface area (TPSA) is 129 Å². The fourth-order valence-corrected chi connectivity index (χ4v) is 10.6. The van der Waals surface area contributed by atoms with Crippen LogP contribution >= 0.6 is 0 Å². The largest absolute Gasteiger partial charge is 0.500 e. The summed E-state index contributed by atoms with van der Waals surface area (Å²) in [5.74, 6) is 0.570. The van der Waals surface area contributed by atoms with Gasteiger partial charge in [0, 0.05) is 121 Å². The zero-order chi connectivity index (χ0) is 36.5. The van der Waals surface area contributed by atoms with E-state index in [1.54, 1.807) is 60.9 Å². The Morgan fingerprint density at radius 2 is 1.30 bits per heavy atom. The van der Waals surface area contributed by atoms with Crippen molar-refractivity contribution in [3.05, 3.63) is 66.0 Å². The van der Waals surface area contributed by atoms with Crippen LogP contribution in [-0.4, -0.2) is 99.4 Å². The molecule has 2 aromatic carbocycles. The first-order chi connectivity index (χ1) is 24.0. The van der Waals surface area contributed by atoms with Gasteiger partial charge in [-0.15, -0.1) is 0 Å². The summed E-state index contributed by atoms with van der Waals surface area (Å²) >= 11 is 0. The van der Waals surface area contributed by atoms with Crippen molar-refractivity contribution in [2.45, 2.75) is 43.7 Å². The smallest absolute Gasteiger partial charge is 0.456 e. The molecule has 2 aliphatic rings. The van der Waals surface area contributed by atoms with Gasteiger partial charge >= 0.3 is 17.6 Å². The van der Waals surface area contributed by atoms with E-state index in [1.807, 2.05) is 36.4 Å². The Balaban J connectivity index is 1.96. The quantitative estimate of drug-likeness (QED) is 0.0557. The molecule has 0 spiro atoms. The zero-order valence-corrected chi connectivity index (χ0v) is 33.2. The number of hydrogen-bond donors (Lipinski definition) is 1. The fourth-order valence-electron chi connectivity index (χ4n) is 6.49. The summed E-state index contributed by atoms with van der Waals surface area (Å²) < 4.78 is 78.4. The van der Waals surface area contributed by atoms with Gasteiger partial charge in [-0.1, -0.05) is 18.2 Å². The lowest BCUT2D eigenvalue weighted by molar-refractivity contribution is 0.122. The molecule has 1 heterocycles. The number of hydrogen-bond acceptors (Lipinski definition) is 10. The Bertz CT molecular complexity index is 1830. The standard InChI is InChI=1S/C35H50N2O10SSi2/c1-9-36(10-2)27-17-19-29-32(25-27)47-33-26-28(18-20-30(33)35(29)31-15-11-12-16-34(31)48(38,39)40)37(21-13-23-49(41-3,42-4)43-5)22-14-24-50(44-6,45-7)46-8/h11-12,15-20,25-26H,9-10,13-14,21-24H2,1-8H3/p+1. The maximum absolute atomic E-state index is 12.6. The predicted molar refractivity (Wildman–Crippen MR) is 199 cm³/mol. The number of rotatable bonds is 19. The van der Waals surface area contributed by atoms with Crippen molar-refractivity contribution < 1.29 is 43.9 Å². The Morgan fingerprint density at radius 3 is 1.82 bits per heavy atom. The van der Waals surface area contributed by atoms with Crippen molar-refractivity contribution in [3.8, 4) is 22.5 Å². The van der Waals surface area contributed by atoms with Crippen LogP contribution in [0.4, 0.5) is 5.69 Å².